The monoisotopic (exact) mass is 369 g/mol. The summed E-state index contributed by atoms with van der Waals surface area (Å²) in [5.41, 5.74) is 2.10. The molecule has 1 aliphatic rings. The van der Waals surface area contributed by atoms with E-state index in [4.69, 9.17) is 4.99 Å². The molecule has 0 aliphatic heterocycles. The molecule has 0 bridgehead atoms. The van der Waals surface area contributed by atoms with Crippen molar-refractivity contribution in [2.45, 2.75) is 51.6 Å². The lowest BCUT2D eigenvalue weighted by atomic mass is 9.96. The van der Waals surface area contributed by atoms with Gasteiger partial charge in [0.05, 0.1) is 6.04 Å². The normalized spacial score (nSPS) is 16.3. The zero-order chi connectivity index (χ0) is 17.9. The molecule has 0 radical (unpaired) electrons. The molecule has 1 fully saturated rings. The summed E-state index contributed by atoms with van der Waals surface area (Å²) in [6.07, 6.45) is 6.34. The van der Waals surface area contributed by atoms with Crippen LogP contribution in [-0.2, 0) is 13.6 Å². The van der Waals surface area contributed by atoms with Crippen LogP contribution in [-0.4, -0.2) is 36.0 Å². The van der Waals surface area contributed by atoms with Crippen molar-refractivity contribution in [2.24, 2.45) is 12.0 Å². The maximum absolute atomic E-state index is 4.93. The average Bonchev–Trinajstić information content (AvgIpc) is 3.30. The van der Waals surface area contributed by atoms with Crippen molar-refractivity contribution in [1.29, 1.82) is 0 Å². The number of benzene rings is 1. The van der Waals surface area contributed by atoms with E-state index in [1.165, 1.54) is 32.1 Å². The van der Waals surface area contributed by atoms with Crippen LogP contribution in [0.3, 0.4) is 0 Å². The molecule has 3 aromatic rings. The highest BCUT2D eigenvalue weighted by Crippen LogP contribution is 2.24. The van der Waals surface area contributed by atoms with E-state index in [1.54, 1.807) is 16.0 Å². The summed E-state index contributed by atoms with van der Waals surface area (Å²) >= 11 is 1.66. The van der Waals surface area contributed by atoms with Gasteiger partial charge in [-0.05, 0) is 30.2 Å². The van der Waals surface area contributed by atoms with Gasteiger partial charge in [0.25, 0.3) is 0 Å². The maximum atomic E-state index is 4.93. The molecule has 1 aromatic carbocycles. The van der Waals surface area contributed by atoms with Gasteiger partial charge < -0.3 is 0 Å². The van der Waals surface area contributed by atoms with Crippen LogP contribution in [0.1, 0.15) is 39.0 Å². The van der Waals surface area contributed by atoms with Gasteiger partial charge in [0.15, 0.2) is 5.82 Å². The number of hydrogen-bond donors (Lipinski definition) is 0. The van der Waals surface area contributed by atoms with Crippen molar-refractivity contribution in [3.05, 3.63) is 29.1 Å². The fourth-order valence-electron chi connectivity index (χ4n) is 3.33. The van der Waals surface area contributed by atoms with Gasteiger partial charge in [-0.25, -0.2) is 9.36 Å². The second-order valence-electron chi connectivity index (χ2n) is 6.63. The van der Waals surface area contributed by atoms with Gasteiger partial charge in [-0.15, -0.1) is 5.10 Å². The fourth-order valence-corrected chi connectivity index (χ4v) is 4.30. The van der Waals surface area contributed by atoms with E-state index < -0.39 is 0 Å². The molecule has 0 spiro atoms. The Bertz CT molecular complexity index is 929. The average molecular weight is 369 g/mol. The topological polar surface area (TPSA) is 73.8 Å². The number of nitrogens with zero attached hydrogens (tertiary/aromatic N) is 7. The highest BCUT2D eigenvalue weighted by atomic mass is 32.1. The lowest BCUT2D eigenvalue weighted by Crippen LogP contribution is -2.18. The zero-order valence-electron chi connectivity index (χ0n) is 15.2. The molecule has 2 heterocycles. The Labute approximate surface area is 156 Å². The van der Waals surface area contributed by atoms with Gasteiger partial charge in [-0.3, -0.25) is 4.99 Å². The summed E-state index contributed by atoms with van der Waals surface area (Å²) < 4.78 is 3.69. The Morgan fingerprint density at radius 3 is 2.58 bits per heavy atom. The number of aromatic nitrogens is 6. The first-order valence-electron chi connectivity index (χ1n) is 9.19. The molecule has 0 amide bonds. The predicted molar refractivity (Wildman–Crippen MR) is 101 cm³/mol. The molecule has 2 aromatic heterocycles. The number of aryl methyl sites for hydroxylation is 2. The van der Waals surface area contributed by atoms with Gasteiger partial charge in [-0.2, -0.15) is 5.10 Å². The van der Waals surface area contributed by atoms with Crippen LogP contribution in [0.4, 0.5) is 0 Å². The van der Waals surface area contributed by atoms with Gasteiger partial charge in [0.1, 0.15) is 5.01 Å². The van der Waals surface area contributed by atoms with Crippen molar-refractivity contribution in [3.63, 3.8) is 0 Å². The molecular formula is C18H23N7S. The van der Waals surface area contributed by atoms with E-state index in [1.807, 2.05) is 30.8 Å². The second kappa shape index (κ2) is 7.49. The molecule has 4 rings (SSSR count). The number of rotatable bonds is 4. The van der Waals surface area contributed by atoms with E-state index in [9.17, 15) is 0 Å². The van der Waals surface area contributed by atoms with E-state index >= 15 is 0 Å². The molecule has 7 nitrogen and oxygen atoms in total. The first-order chi connectivity index (χ1) is 12.7. The third-order valence-corrected chi connectivity index (χ3v) is 5.86. The third kappa shape index (κ3) is 3.46. The molecule has 0 N–H and O–H groups in total. The maximum Gasteiger partial charge on any atom is 0.203 e. The largest absolute Gasteiger partial charge is 0.254 e. The smallest absolute Gasteiger partial charge is 0.203 e. The van der Waals surface area contributed by atoms with Gasteiger partial charge >= 0.3 is 0 Å². The standard InChI is InChI=1S/C18H23N7S/c1-3-25-16(20-22-23-25)13-9-11-14(12-10-13)17-21-24(2)18(26-17)19-15-7-5-4-6-8-15/h9-12,15H,3-8H2,1-2H3. The summed E-state index contributed by atoms with van der Waals surface area (Å²) in [6, 6.07) is 8.71. The van der Waals surface area contributed by atoms with E-state index in [0.29, 0.717) is 6.04 Å². The van der Waals surface area contributed by atoms with Crippen LogP contribution in [0.2, 0.25) is 0 Å². The van der Waals surface area contributed by atoms with E-state index in [2.05, 4.69) is 32.8 Å². The van der Waals surface area contributed by atoms with Crippen molar-refractivity contribution < 1.29 is 0 Å². The molecule has 0 atom stereocenters. The van der Waals surface area contributed by atoms with Crippen LogP contribution < -0.4 is 4.80 Å². The Hall–Kier alpha value is -2.35. The Morgan fingerprint density at radius 2 is 1.85 bits per heavy atom. The Kier molecular flexibility index (Phi) is 4.92. The molecule has 8 heteroatoms. The van der Waals surface area contributed by atoms with Crippen LogP contribution in [0.25, 0.3) is 22.0 Å². The molecule has 26 heavy (non-hydrogen) atoms. The zero-order valence-corrected chi connectivity index (χ0v) is 16.0. The van der Waals surface area contributed by atoms with Crippen molar-refractivity contribution in [1.82, 2.24) is 30.0 Å². The highest BCUT2D eigenvalue weighted by molar-refractivity contribution is 7.12. The Morgan fingerprint density at radius 1 is 1.12 bits per heavy atom. The molecule has 1 saturated carbocycles. The van der Waals surface area contributed by atoms with Crippen LogP contribution in [0.5, 0.6) is 0 Å². The van der Waals surface area contributed by atoms with Crippen molar-refractivity contribution in [3.8, 4) is 22.0 Å². The van der Waals surface area contributed by atoms with E-state index in [0.717, 1.165) is 33.3 Å². The van der Waals surface area contributed by atoms with Crippen molar-refractivity contribution >= 4 is 11.3 Å². The predicted octanol–water partition coefficient (Wildman–Crippen LogP) is 3.06. The number of hydrogen-bond acceptors (Lipinski definition) is 6. The number of tetrazole rings is 1. The van der Waals surface area contributed by atoms with Crippen LogP contribution >= 0.6 is 11.3 Å². The summed E-state index contributed by atoms with van der Waals surface area (Å²) in [7, 11) is 1.98. The first-order valence-corrected chi connectivity index (χ1v) is 10.0. The summed E-state index contributed by atoms with van der Waals surface area (Å²) in [4.78, 5) is 5.94. The second-order valence-corrected chi connectivity index (χ2v) is 7.59. The van der Waals surface area contributed by atoms with Crippen molar-refractivity contribution in [2.75, 3.05) is 0 Å². The van der Waals surface area contributed by atoms with Crippen LogP contribution in [0.15, 0.2) is 29.3 Å². The Balaban J connectivity index is 1.60. The minimum Gasteiger partial charge on any atom is -0.254 e. The fraction of sp³-hybridized carbons (Fsp3) is 0.500. The van der Waals surface area contributed by atoms with E-state index in [-0.39, 0.29) is 0 Å². The lowest BCUT2D eigenvalue weighted by molar-refractivity contribution is 0.434. The highest BCUT2D eigenvalue weighted by Gasteiger charge is 2.13. The summed E-state index contributed by atoms with van der Waals surface area (Å²) in [5.74, 6) is 0.789. The van der Waals surface area contributed by atoms with Gasteiger partial charge in [0, 0.05) is 24.7 Å². The summed E-state index contributed by atoms with van der Waals surface area (Å²) in [6.45, 7) is 2.78. The third-order valence-electron chi connectivity index (χ3n) is 4.79. The minimum absolute atomic E-state index is 0.457. The molecular weight excluding hydrogens is 346 g/mol. The molecule has 136 valence electrons. The van der Waals surface area contributed by atoms with Gasteiger partial charge in [-0.1, -0.05) is 54.9 Å². The summed E-state index contributed by atoms with van der Waals surface area (Å²) in [5, 5.41) is 17.5. The minimum atomic E-state index is 0.457. The lowest BCUT2D eigenvalue weighted by Gasteiger charge is -2.16. The molecule has 1 aliphatic carbocycles. The quantitative estimate of drug-likeness (QED) is 0.708. The van der Waals surface area contributed by atoms with Gasteiger partial charge in [0.2, 0.25) is 4.80 Å². The first kappa shape index (κ1) is 17.1. The van der Waals surface area contributed by atoms with Crippen LogP contribution in [0, 0.1) is 0 Å². The molecule has 0 saturated heterocycles. The SMILES string of the molecule is CCn1nnnc1-c1ccc(-c2nn(C)c(=NC3CCCCC3)s2)cc1. The molecule has 0 unspecified atom stereocenters.